The zero-order valence-electron chi connectivity index (χ0n) is 16.8. The van der Waals surface area contributed by atoms with E-state index in [4.69, 9.17) is 44.1 Å². The fourth-order valence-electron chi connectivity index (χ4n) is 3.61. The van der Waals surface area contributed by atoms with Crippen LogP contribution in [0, 0.1) is 0 Å². The summed E-state index contributed by atoms with van der Waals surface area (Å²) in [6.45, 7) is 1.41. The van der Waals surface area contributed by atoms with Gasteiger partial charge in [-0.2, -0.15) is 0 Å². The minimum absolute atomic E-state index is 0.154. The number of hydrogen-bond donors (Lipinski definition) is 2. The van der Waals surface area contributed by atoms with Crippen molar-refractivity contribution in [1.82, 2.24) is 9.44 Å². The van der Waals surface area contributed by atoms with E-state index in [2.05, 4.69) is 9.44 Å². The van der Waals surface area contributed by atoms with Crippen LogP contribution in [0.5, 0.6) is 0 Å². The maximum atomic E-state index is 13.2. The lowest BCUT2D eigenvalue weighted by molar-refractivity contribution is -0.119. The lowest BCUT2D eigenvalue weighted by Gasteiger charge is -2.22. The molecule has 3 atom stereocenters. The number of anilines is 1. The van der Waals surface area contributed by atoms with E-state index in [0.29, 0.717) is 28.0 Å². The molecule has 10 heteroatoms. The summed E-state index contributed by atoms with van der Waals surface area (Å²) in [6, 6.07) is 12.8. The maximum Gasteiger partial charge on any atom is 0.267 e. The van der Waals surface area contributed by atoms with Gasteiger partial charge >= 0.3 is 0 Å². The van der Waals surface area contributed by atoms with Gasteiger partial charge in [0.15, 0.2) is 6.17 Å². The highest BCUT2D eigenvalue weighted by Crippen LogP contribution is 2.31. The Kier molecular flexibility index (Phi) is 7.38. The van der Waals surface area contributed by atoms with E-state index in [1.165, 1.54) is 0 Å². The number of carbonyl (C=O) groups is 1. The minimum atomic E-state index is -0.875. The second-order valence-corrected chi connectivity index (χ2v) is 10.2. The van der Waals surface area contributed by atoms with Crippen LogP contribution in [0.1, 0.15) is 24.0 Å². The van der Waals surface area contributed by atoms with Gasteiger partial charge in [0.2, 0.25) is 0 Å². The van der Waals surface area contributed by atoms with Gasteiger partial charge in [-0.25, -0.2) is 9.44 Å². The number of rotatable bonds is 6. The molecular weight excluding hydrogens is 475 g/mol. The Morgan fingerprint density at radius 3 is 2.81 bits per heavy atom. The number of ether oxygens (including phenoxy) is 1. The Morgan fingerprint density at radius 1 is 1.26 bits per heavy atom. The van der Waals surface area contributed by atoms with E-state index < -0.39 is 16.0 Å². The van der Waals surface area contributed by atoms with Crippen molar-refractivity contribution in [3.63, 3.8) is 0 Å². The number of aliphatic imine (C=N–C) groups is 1. The van der Waals surface area contributed by atoms with Crippen LogP contribution in [0.25, 0.3) is 0 Å². The summed E-state index contributed by atoms with van der Waals surface area (Å²) < 4.78 is 12.0. The molecule has 31 heavy (non-hydrogen) atoms. The second kappa shape index (κ2) is 10.0. The van der Waals surface area contributed by atoms with Crippen molar-refractivity contribution in [2.45, 2.75) is 25.1 Å². The van der Waals surface area contributed by atoms with Gasteiger partial charge in [0.1, 0.15) is 0 Å². The molecule has 4 rings (SSSR count). The highest BCUT2D eigenvalue weighted by Gasteiger charge is 2.31. The van der Waals surface area contributed by atoms with Gasteiger partial charge in [0.05, 0.1) is 17.5 Å². The normalized spacial score (nSPS) is 22.1. The Bertz CT molecular complexity index is 1040. The van der Waals surface area contributed by atoms with Gasteiger partial charge in [-0.1, -0.05) is 41.4 Å². The van der Waals surface area contributed by atoms with Gasteiger partial charge in [0.25, 0.3) is 5.91 Å². The van der Waals surface area contributed by atoms with E-state index in [9.17, 15) is 4.79 Å². The number of hydrogen-bond acceptors (Lipinski definition) is 4. The summed E-state index contributed by atoms with van der Waals surface area (Å²) in [4.78, 5) is 19.6. The second-order valence-electron chi connectivity index (χ2n) is 7.29. The largest absolute Gasteiger partial charge is 0.377 e. The first-order valence-corrected chi connectivity index (χ1v) is 12.8. The smallest absolute Gasteiger partial charge is 0.267 e. The van der Waals surface area contributed by atoms with Crippen molar-refractivity contribution < 1.29 is 9.53 Å². The summed E-state index contributed by atoms with van der Waals surface area (Å²) in [6.07, 6.45) is 1.35. The molecule has 0 bridgehead atoms. The van der Waals surface area contributed by atoms with E-state index in [1.54, 1.807) is 30.1 Å². The molecule has 164 valence electrons. The first-order chi connectivity index (χ1) is 14.9. The molecule has 1 fully saturated rings. The Labute approximate surface area is 198 Å². The fraction of sp³-hybridized carbons (Fsp3) is 0.333. The molecule has 0 saturated carbocycles. The lowest BCUT2D eigenvalue weighted by atomic mass is 10.00. The van der Waals surface area contributed by atoms with Crippen molar-refractivity contribution in [2.75, 3.05) is 25.1 Å². The zero-order valence-corrected chi connectivity index (χ0v) is 20.0. The standard InChI is InChI=1S/C21H22Cl2N4O2S2/c1-27-18-9-8-13(22)11-16(18)19(15-6-2-3-7-17(15)23)25-20(21(27)28)26-31(30)24-12-14-5-4-10-29-14/h2-3,6-9,11,14,20,24,26H,4-5,10,12H2,1H3. The van der Waals surface area contributed by atoms with E-state index >= 15 is 0 Å². The van der Waals surface area contributed by atoms with Gasteiger partial charge in [-0.05, 0) is 48.3 Å². The average molecular weight is 497 g/mol. The number of nitrogens with zero attached hydrogens (tertiary/aromatic N) is 2. The highest BCUT2D eigenvalue weighted by atomic mass is 35.5. The third-order valence-corrected chi connectivity index (χ3v) is 7.28. The molecule has 2 heterocycles. The molecule has 0 aliphatic carbocycles. The molecule has 3 unspecified atom stereocenters. The molecule has 0 aromatic heterocycles. The quantitative estimate of drug-likeness (QED) is 0.641. The highest BCUT2D eigenvalue weighted by molar-refractivity contribution is 8.26. The van der Waals surface area contributed by atoms with Crippen molar-refractivity contribution in [2.24, 2.45) is 4.99 Å². The summed E-state index contributed by atoms with van der Waals surface area (Å²) in [5.41, 5.74) is 2.75. The van der Waals surface area contributed by atoms with Crippen LogP contribution >= 0.6 is 23.2 Å². The maximum absolute atomic E-state index is 13.2. The average Bonchev–Trinajstić information content (AvgIpc) is 3.25. The van der Waals surface area contributed by atoms with E-state index in [-0.39, 0.29) is 12.0 Å². The number of likely N-dealkylation sites (N-methyl/N-ethyl adjacent to an activating group) is 1. The molecular formula is C21H22Cl2N4O2S2. The molecule has 2 aromatic carbocycles. The monoisotopic (exact) mass is 496 g/mol. The van der Waals surface area contributed by atoms with Crippen LogP contribution in [-0.4, -0.2) is 44.1 Å². The van der Waals surface area contributed by atoms with Crippen LogP contribution in [0.15, 0.2) is 47.5 Å². The van der Waals surface area contributed by atoms with Gasteiger partial charge in [-0.15, -0.1) is 0 Å². The van der Waals surface area contributed by atoms with Crippen LogP contribution in [0.4, 0.5) is 5.69 Å². The fourth-order valence-corrected chi connectivity index (χ4v) is 5.26. The summed E-state index contributed by atoms with van der Waals surface area (Å²) in [5, 5.41) is 1.09. The first kappa shape index (κ1) is 22.8. The van der Waals surface area contributed by atoms with E-state index in [0.717, 1.165) is 30.6 Å². The van der Waals surface area contributed by atoms with Crippen molar-refractivity contribution in [1.29, 1.82) is 0 Å². The Hall–Kier alpha value is -1.39. The van der Waals surface area contributed by atoms with Gasteiger partial charge in [0, 0.05) is 51.2 Å². The van der Waals surface area contributed by atoms with Gasteiger partial charge in [-0.3, -0.25) is 9.79 Å². The molecule has 1 saturated heterocycles. The van der Waals surface area contributed by atoms with Crippen LogP contribution in [0.2, 0.25) is 10.0 Å². The first-order valence-electron chi connectivity index (χ1n) is 9.87. The summed E-state index contributed by atoms with van der Waals surface area (Å²) in [5.74, 6) is -0.216. The van der Waals surface area contributed by atoms with Crippen molar-refractivity contribution in [3.8, 4) is 0 Å². The van der Waals surface area contributed by atoms with E-state index in [1.807, 2.05) is 24.3 Å². The molecule has 2 aliphatic rings. The third-order valence-electron chi connectivity index (χ3n) is 5.21. The van der Waals surface area contributed by atoms with Crippen molar-refractivity contribution >= 4 is 61.5 Å². The minimum Gasteiger partial charge on any atom is -0.377 e. The molecule has 0 spiro atoms. The number of fused-ring (bicyclic) bond motifs is 1. The topological polar surface area (TPSA) is 66.0 Å². The van der Waals surface area contributed by atoms with Crippen LogP contribution < -0.4 is 14.3 Å². The molecule has 1 amide bonds. The molecule has 2 aromatic rings. The number of benzodiazepines with no additional fused rings is 1. The number of nitrogens with one attached hydrogen (secondary N) is 2. The SMILES string of the molecule is CN1C(=O)C(NS(=S)NCC2CCCO2)N=C(c2ccccc2Cl)c2cc(Cl)ccc21. The lowest BCUT2D eigenvalue weighted by Crippen LogP contribution is -2.47. The Balaban J connectivity index is 1.68. The Morgan fingerprint density at radius 2 is 2.06 bits per heavy atom. The molecule has 0 radical (unpaired) electrons. The van der Waals surface area contributed by atoms with Crippen LogP contribution in [-0.2, 0) is 30.5 Å². The summed E-state index contributed by atoms with van der Waals surface area (Å²) >= 11 is 18.3. The van der Waals surface area contributed by atoms with Crippen LogP contribution in [0.3, 0.4) is 0 Å². The predicted molar refractivity (Wildman–Crippen MR) is 131 cm³/mol. The number of benzene rings is 2. The summed E-state index contributed by atoms with van der Waals surface area (Å²) in [7, 11) is 0.855. The number of halogens is 2. The third kappa shape index (κ3) is 5.17. The predicted octanol–water partition coefficient (Wildman–Crippen LogP) is 3.40. The van der Waals surface area contributed by atoms with Gasteiger partial charge < -0.3 is 9.64 Å². The van der Waals surface area contributed by atoms with Crippen molar-refractivity contribution in [3.05, 3.63) is 63.6 Å². The molecule has 6 nitrogen and oxygen atoms in total. The molecule has 2 N–H and O–H groups in total. The molecule has 2 aliphatic heterocycles. The number of amides is 1. The zero-order chi connectivity index (χ0) is 22.0. The number of carbonyl (C=O) groups excluding carboxylic acids is 1.